The maximum absolute atomic E-state index is 13.0. The lowest BCUT2D eigenvalue weighted by atomic mass is 10.1. The minimum atomic E-state index is -3.56. The lowest BCUT2D eigenvalue weighted by molar-refractivity contribution is 0.182. The van der Waals surface area contributed by atoms with Crippen molar-refractivity contribution in [3.8, 4) is 0 Å². The highest BCUT2D eigenvalue weighted by Gasteiger charge is 2.29. The van der Waals surface area contributed by atoms with E-state index in [2.05, 4.69) is 28.4 Å². The van der Waals surface area contributed by atoms with Crippen LogP contribution in [-0.4, -0.2) is 50.3 Å². The van der Waals surface area contributed by atoms with E-state index in [1.54, 1.807) is 0 Å². The van der Waals surface area contributed by atoms with Crippen LogP contribution in [0.25, 0.3) is 0 Å². The molecule has 4 rings (SSSR count). The molecule has 2 aromatic rings. The molecule has 0 aliphatic carbocycles. The van der Waals surface area contributed by atoms with Crippen LogP contribution >= 0.6 is 12.4 Å². The van der Waals surface area contributed by atoms with E-state index in [-0.39, 0.29) is 17.3 Å². The molecule has 2 aliphatic heterocycles. The molecule has 2 aliphatic rings. The molecular formula is C19H23ClFN3O2S. The van der Waals surface area contributed by atoms with Crippen LogP contribution in [0, 0.1) is 5.82 Å². The van der Waals surface area contributed by atoms with Gasteiger partial charge in [0.05, 0.1) is 4.90 Å². The molecular weight excluding hydrogens is 389 g/mol. The average Bonchev–Trinajstić information content (AvgIpc) is 3.12. The van der Waals surface area contributed by atoms with Crippen LogP contribution in [0.2, 0.25) is 0 Å². The number of hydrogen-bond acceptors (Lipinski definition) is 4. The van der Waals surface area contributed by atoms with E-state index in [9.17, 15) is 12.8 Å². The molecule has 8 heteroatoms. The van der Waals surface area contributed by atoms with Gasteiger partial charge in [0.2, 0.25) is 10.0 Å². The van der Waals surface area contributed by atoms with Gasteiger partial charge >= 0.3 is 0 Å². The van der Waals surface area contributed by atoms with Crippen molar-refractivity contribution in [1.82, 2.24) is 9.21 Å². The Morgan fingerprint density at radius 1 is 1.00 bits per heavy atom. The number of nitrogens with zero attached hydrogens (tertiary/aromatic N) is 2. The molecule has 0 amide bonds. The molecule has 5 nitrogen and oxygen atoms in total. The summed E-state index contributed by atoms with van der Waals surface area (Å²) in [6.07, 6.45) is 1.06. The summed E-state index contributed by atoms with van der Waals surface area (Å²) in [5.74, 6) is -0.433. The van der Waals surface area contributed by atoms with Crippen LogP contribution < -0.4 is 5.32 Å². The van der Waals surface area contributed by atoms with Crippen LogP contribution in [0.1, 0.15) is 11.1 Å². The van der Waals surface area contributed by atoms with Crippen LogP contribution in [-0.2, 0) is 23.0 Å². The van der Waals surface area contributed by atoms with Crippen molar-refractivity contribution in [2.45, 2.75) is 17.9 Å². The third-order valence-corrected chi connectivity index (χ3v) is 7.02. The van der Waals surface area contributed by atoms with Crippen LogP contribution in [0.3, 0.4) is 0 Å². The molecule has 146 valence electrons. The quantitative estimate of drug-likeness (QED) is 0.840. The molecule has 0 radical (unpaired) electrons. The molecule has 1 fully saturated rings. The summed E-state index contributed by atoms with van der Waals surface area (Å²) in [6.45, 7) is 4.06. The fourth-order valence-corrected chi connectivity index (χ4v) is 5.09. The summed E-state index contributed by atoms with van der Waals surface area (Å²) in [5.41, 5.74) is 3.88. The Hall–Kier alpha value is -1.67. The Morgan fingerprint density at radius 2 is 1.70 bits per heavy atom. The van der Waals surface area contributed by atoms with Crippen LogP contribution in [0.5, 0.6) is 0 Å². The molecule has 2 aromatic carbocycles. The number of sulfonamides is 1. The summed E-state index contributed by atoms with van der Waals surface area (Å²) in [7, 11) is -3.56. The average molecular weight is 412 g/mol. The zero-order chi connectivity index (χ0) is 18.1. The Balaban J connectivity index is 0.00000210. The Morgan fingerprint density at radius 3 is 2.41 bits per heavy atom. The van der Waals surface area contributed by atoms with Crippen LogP contribution in [0.15, 0.2) is 47.4 Å². The minimum absolute atomic E-state index is 0. The van der Waals surface area contributed by atoms with E-state index in [0.717, 1.165) is 19.5 Å². The highest BCUT2D eigenvalue weighted by Crippen LogP contribution is 2.28. The number of nitrogens with one attached hydrogen (secondary N) is 1. The lowest BCUT2D eigenvalue weighted by Gasteiger charge is -2.34. The molecule has 0 aromatic heterocycles. The number of hydrogen-bond donors (Lipinski definition) is 1. The van der Waals surface area contributed by atoms with E-state index in [4.69, 9.17) is 0 Å². The molecule has 27 heavy (non-hydrogen) atoms. The van der Waals surface area contributed by atoms with Crippen molar-refractivity contribution in [3.05, 3.63) is 59.4 Å². The number of fused-ring (bicyclic) bond motifs is 1. The molecule has 1 N–H and O–H groups in total. The Bertz CT molecular complexity index is 898. The van der Waals surface area contributed by atoms with Gasteiger partial charge in [0.1, 0.15) is 5.82 Å². The number of anilines is 1. The third kappa shape index (κ3) is 4.11. The number of para-hydroxylation sites is 1. The number of benzene rings is 2. The van der Waals surface area contributed by atoms with Gasteiger partial charge < -0.3 is 5.32 Å². The van der Waals surface area contributed by atoms with Gasteiger partial charge in [0.15, 0.2) is 0 Å². The van der Waals surface area contributed by atoms with E-state index >= 15 is 0 Å². The predicted octanol–water partition coefficient (Wildman–Crippen LogP) is 2.72. The van der Waals surface area contributed by atoms with Gasteiger partial charge in [-0.25, -0.2) is 12.8 Å². The Labute approximate surface area is 165 Å². The van der Waals surface area contributed by atoms with Crippen LogP contribution in [0.4, 0.5) is 10.1 Å². The third-order valence-electron chi connectivity index (χ3n) is 5.11. The first-order chi connectivity index (χ1) is 12.5. The monoisotopic (exact) mass is 411 g/mol. The SMILES string of the molecule is Cl.O=S(=O)(c1ccc(F)cc1)N1CCN(Cc2cccc3c2NCC3)CC1. The van der Waals surface area contributed by atoms with Gasteiger partial charge in [0, 0.05) is 45.0 Å². The molecule has 2 heterocycles. The molecule has 1 saturated heterocycles. The van der Waals surface area contributed by atoms with Gasteiger partial charge in [-0.15, -0.1) is 12.4 Å². The molecule has 0 unspecified atom stereocenters. The topological polar surface area (TPSA) is 52.7 Å². The molecule has 0 atom stereocenters. The zero-order valence-electron chi connectivity index (χ0n) is 14.9. The zero-order valence-corrected chi connectivity index (χ0v) is 16.5. The van der Waals surface area contributed by atoms with Gasteiger partial charge in [-0.05, 0) is 41.8 Å². The van der Waals surface area contributed by atoms with Gasteiger partial charge in [-0.2, -0.15) is 4.31 Å². The van der Waals surface area contributed by atoms with Crippen molar-refractivity contribution < 1.29 is 12.8 Å². The number of piperazine rings is 1. The van der Waals surface area contributed by atoms with Crippen molar-refractivity contribution >= 4 is 28.1 Å². The summed E-state index contributed by atoms with van der Waals surface area (Å²) in [5, 5.41) is 3.45. The van der Waals surface area contributed by atoms with Gasteiger partial charge in [-0.3, -0.25) is 4.90 Å². The van der Waals surface area contributed by atoms with Crippen molar-refractivity contribution in [1.29, 1.82) is 0 Å². The molecule has 0 bridgehead atoms. The lowest BCUT2D eigenvalue weighted by Crippen LogP contribution is -2.48. The molecule has 0 spiro atoms. The normalized spacial score (nSPS) is 17.8. The summed E-state index contributed by atoms with van der Waals surface area (Å²) >= 11 is 0. The van der Waals surface area contributed by atoms with E-state index in [1.165, 1.54) is 45.4 Å². The van der Waals surface area contributed by atoms with E-state index in [0.29, 0.717) is 26.2 Å². The second-order valence-electron chi connectivity index (χ2n) is 6.76. The highest BCUT2D eigenvalue weighted by molar-refractivity contribution is 7.89. The Kier molecular flexibility index (Phi) is 6.05. The summed E-state index contributed by atoms with van der Waals surface area (Å²) in [4.78, 5) is 2.43. The summed E-state index contributed by atoms with van der Waals surface area (Å²) in [6, 6.07) is 11.4. The molecule has 0 saturated carbocycles. The smallest absolute Gasteiger partial charge is 0.243 e. The minimum Gasteiger partial charge on any atom is -0.384 e. The largest absolute Gasteiger partial charge is 0.384 e. The van der Waals surface area contributed by atoms with Crippen molar-refractivity contribution in [2.24, 2.45) is 0 Å². The first kappa shape index (κ1) is 20.1. The number of rotatable bonds is 4. The second-order valence-corrected chi connectivity index (χ2v) is 8.70. The number of halogens is 2. The van der Waals surface area contributed by atoms with E-state index in [1.807, 2.05) is 0 Å². The highest BCUT2D eigenvalue weighted by atomic mass is 35.5. The maximum atomic E-state index is 13.0. The maximum Gasteiger partial charge on any atom is 0.243 e. The fraction of sp³-hybridized carbons (Fsp3) is 0.368. The van der Waals surface area contributed by atoms with Gasteiger partial charge in [-0.1, -0.05) is 18.2 Å². The van der Waals surface area contributed by atoms with Crippen molar-refractivity contribution in [3.63, 3.8) is 0 Å². The first-order valence-electron chi connectivity index (χ1n) is 8.87. The predicted molar refractivity (Wildman–Crippen MR) is 106 cm³/mol. The van der Waals surface area contributed by atoms with Gasteiger partial charge in [0.25, 0.3) is 0 Å². The van der Waals surface area contributed by atoms with Crippen molar-refractivity contribution in [2.75, 3.05) is 38.0 Å². The van der Waals surface area contributed by atoms with E-state index < -0.39 is 15.8 Å². The standard InChI is InChI=1S/C19H22FN3O2S.ClH/c20-17-4-6-18(7-5-17)26(24,25)23-12-10-22(11-13-23)14-16-3-1-2-15-8-9-21-19(15)16;/h1-7,21H,8-14H2;1H. The summed E-state index contributed by atoms with van der Waals surface area (Å²) < 4.78 is 39.9. The fourth-order valence-electron chi connectivity index (χ4n) is 3.67. The second kappa shape index (κ2) is 8.14. The first-order valence-corrected chi connectivity index (χ1v) is 10.3.